The van der Waals surface area contributed by atoms with Crippen molar-refractivity contribution in [3.05, 3.63) is 35.4 Å². The van der Waals surface area contributed by atoms with E-state index in [9.17, 15) is 9.90 Å². The molecule has 3 heteroatoms. The first-order valence-corrected chi connectivity index (χ1v) is 3.83. The van der Waals surface area contributed by atoms with Gasteiger partial charge in [-0.2, -0.15) is 5.26 Å². The fraction of sp³-hybridized carbons (Fsp3) is 0.200. The molecule has 1 aromatic rings. The summed E-state index contributed by atoms with van der Waals surface area (Å²) >= 11 is 0. The summed E-state index contributed by atoms with van der Waals surface area (Å²) < 4.78 is 0. The monoisotopic (exact) mass is 175 g/mol. The molecule has 66 valence electrons. The van der Waals surface area contributed by atoms with Crippen molar-refractivity contribution in [3.8, 4) is 6.07 Å². The third-order valence-electron chi connectivity index (χ3n) is 1.72. The van der Waals surface area contributed by atoms with Crippen LogP contribution >= 0.6 is 0 Å². The van der Waals surface area contributed by atoms with E-state index in [4.69, 9.17) is 5.26 Å². The van der Waals surface area contributed by atoms with Crippen LogP contribution in [0.5, 0.6) is 0 Å². The normalized spacial score (nSPS) is 11.8. The highest BCUT2D eigenvalue weighted by Crippen LogP contribution is 2.14. The van der Waals surface area contributed by atoms with Gasteiger partial charge in [0, 0.05) is 0 Å². The molecule has 0 fully saturated rings. The van der Waals surface area contributed by atoms with Gasteiger partial charge in [0.25, 0.3) is 0 Å². The molecule has 1 rings (SSSR count). The molecule has 0 aromatic heterocycles. The van der Waals surface area contributed by atoms with Crippen LogP contribution in [0.4, 0.5) is 0 Å². The van der Waals surface area contributed by atoms with E-state index in [1.807, 2.05) is 6.07 Å². The van der Waals surface area contributed by atoms with E-state index in [0.29, 0.717) is 11.1 Å². The molecule has 0 aliphatic heterocycles. The number of rotatable bonds is 2. The van der Waals surface area contributed by atoms with Crippen molar-refractivity contribution < 1.29 is 9.90 Å². The van der Waals surface area contributed by atoms with Gasteiger partial charge in [0.15, 0.2) is 5.78 Å². The Labute approximate surface area is 76.2 Å². The number of ketones is 1. The predicted octanol–water partition coefficient (Wildman–Crippen LogP) is 1.18. The number of Topliss-reactive ketones (excluding diaryl/α,β-unsaturated/α-hetero) is 1. The van der Waals surface area contributed by atoms with E-state index in [1.165, 1.54) is 13.0 Å². The summed E-state index contributed by atoms with van der Waals surface area (Å²) in [5, 5.41) is 17.9. The van der Waals surface area contributed by atoms with Crippen molar-refractivity contribution >= 4 is 5.78 Å². The molecule has 0 saturated carbocycles. The van der Waals surface area contributed by atoms with Crippen molar-refractivity contribution in [2.75, 3.05) is 0 Å². The number of carbonyl (C=O) groups excluding carboxylic acids is 1. The zero-order valence-corrected chi connectivity index (χ0v) is 7.19. The second-order valence-corrected chi connectivity index (χ2v) is 2.75. The number of aliphatic hydroxyl groups is 1. The summed E-state index contributed by atoms with van der Waals surface area (Å²) in [6, 6.07) is 8.32. The minimum atomic E-state index is -1.12. The molecular formula is C10H9NO2. The zero-order chi connectivity index (χ0) is 9.84. The summed E-state index contributed by atoms with van der Waals surface area (Å²) in [7, 11) is 0. The van der Waals surface area contributed by atoms with Gasteiger partial charge >= 0.3 is 0 Å². The van der Waals surface area contributed by atoms with Crippen LogP contribution < -0.4 is 0 Å². The first-order valence-electron chi connectivity index (χ1n) is 3.83. The van der Waals surface area contributed by atoms with Crippen molar-refractivity contribution in [3.63, 3.8) is 0 Å². The van der Waals surface area contributed by atoms with Gasteiger partial charge in [-0.15, -0.1) is 0 Å². The molecule has 0 saturated heterocycles. The summed E-state index contributed by atoms with van der Waals surface area (Å²) in [5.74, 6) is -0.324. The van der Waals surface area contributed by atoms with Crippen LogP contribution in [0, 0.1) is 11.3 Å². The topological polar surface area (TPSA) is 61.1 Å². The minimum Gasteiger partial charge on any atom is -0.381 e. The fourth-order valence-corrected chi connectivity index (χ4v) is 1.01. The quantitative estimate of drug-likeness (QED) is 0.734. The van der Waals surface area contributed by atoms with Gasteiger partial charge in [-0.1, -0.05) is 12.1 Å². The Bertz CT molecular complexity index is 365. The maximum atomic E-state index is 10.8. The van der Waals surface area contributed by atoms with Crippen LogP contribution in [0.1, 0.15) is 24.2 Å². The van der Waals surface area contributed by atoms with Crippen LogP contribution in [0.3, 0.4) is 0 Å². The third-order valence-corrected chi connectivity index (χ3v) is 1.72. The van der Waals surface area contributed by atoms with E-state index in [0.717, 1.165) is 0 Å². The molecule has 3 nitrogen and oxygen atoms in total. The largest absolute Gasteiger partial charge is 0.381 e. The van der Waals surface area contributed by atoms with Crippen molar-refractivity contribution in [1.29, 1.82) is 5.26 Å². The molecule has 0 aliphatic rings. The van der Waals surface area contributed by atoms with Crippen molar-refractivity contribution in [1.82, 2.24) is 0 Å². The van der Waals surface area contributed by atoms with Gasteiger partial charge < -0.3 is 5.11 Å². The molecule has 0 amide bonds. The Balaban J connectivity index is 3.03. The van der Waals surface area contributed by atoms with Crippen LogP contribution in [-0.4, -0.2) is 10.9 Å². The van der Waals surface area contributed by atoms with Crippen molar-refractivity contribution in [2.24, 2.45) is 0 Å². The van der Waals surface area contributed by atoms with Gasteiger partial charge in [-0.25, -0.2) is 0 Å². The maximum Gasteiger partial charge on any atom is 0.162 e. The Hall–Kier alpha value is -1.66. The average molecular weight is 175 g/mol. The van der Waals surface area contributed by atoms with Crippen LogP contribution in [-0.2, 0) is 4.79 Å². The molecule has 0 bridgehead atoms. The highest BCUT2D eigenvalue weighted by Gasteiger charge is 2.12. The van der Waals surface area contributed by atoms with E-state index in [1.54, 1.807) is 18.2 Å². The fourth-order valence-electron chi connectivity index (χ4n) is 1.01. The molecule has 0 aliphatic carbocycles. The third kappa shape index (κ3) is 2.14. The lowest BCUT2D eigenvalue weighted by molar-refractivity contribution is -0.125. The first kappa shape index (κ1) is 9.43. The van der Waals surface area contributed by atoms with Crippen LogP contribution in [0.25, 0.3) is 0 Å². The molecule has 0 unspecified atom stereocenters. The number of hydrogen-bond donors (Lipinski definition) is 1. The van der Waals surface area contributed by atoms with E-state index < -0.39 is 6.10 Å². The lowest BCUT2D eigenvalue weighted by Gasteiger charge is -2.06. The van der Waals surface area contributed by atoms with Gasteiger partial charge in [0.1, 0.15) is 6.10 Å². The summed E-state index contributed by atoms with van der Waals surface area (Å²) in [4.78, 5) is 10.8. The van der Waals surface area contributed by atoms with E-state index in [2.05, 4.69) is 0 Å². The van der Waals surface area contributed by atoms with Gasteiger partial charge in [-0.05, 0) is 24.6 Å². The molecule has 1 atom stereocenters. The summed E-state index contributed by atoms with van der Waals surface area (Å²) in [6.07, 6.45) is -1.12. The van der Waals surface area contributed by atoms with Crippen LogP contribution in [0.15, 0.2) is 24.3 Å². The maximum absolute atomic E-state index is 10.8. The lowest BCUT2D eigenvalue weighted by atomic mass is 10.0. The Kier molecular flexibility index (Phi) is 2.78. The second-order valence-electron chi connectivity index (χ2n) is 2.75. The highest BCUT2D eigenvalue weighted by atomic mass is 16.3. The molecule has 13 heavy (non-hydrogen) atoms. The Morgan fingerprint density at radius 1 is 1.62 bits per heavy atom. The standard InChI is InChI=1S/C10H9NO2/c1-7(12)10(13)9-4-2-3-8(5-9)6-11/h2-5,10,13H,1H3/t10-/m0/s1. The Morgan fingerprint density at radius 3 is 2.85 bits per heavy atom. The molecule has 1 N–H and O–H groups in total. The molecule has 1 aromatic carbocycles. The number of aliphatic hydroxyl groups excluding tert-OH is 1. The number of hydrogen-bond acceptors (Lipinski definition) is 3. The molecular weight excluding hydrogens is 166 g/mol. The van der Waals surface area contributed by atoms with Gasteiger partial charge in [-0.3, -0.25) is 4.79 Å². The highest BCUT2D eigenvalue weighted by molar-refractivity contribution is 5.81. The molecule has 0 spiro atoms. The SMILES string of the molecule is CC(=O)[C@H](O)c1cccc(C#N)c1. The van der Waals surface area contributed by atoms with Gasteiger partial charge in [0.2, 0.25) is 0 Å². The number of nitriles is 1. The van der Waals surface area contributed by atoms with E-state index in [-0.39, 0.29) is 5.78 Å². The molecule has 0 radical (unpaired) electrons. The van der Waals surface area contributed by atoms with Crippen LogP contribution in [0.2, 0.25) is 0 Å². The zero-order valence-electron chi connectivity index (χ0n) is 7.19. The predicted molar refractivity (Wildman–Crippen MR) is 46.8 cm³/mol. The number of nitrogens with zero attached hydrogens (tertiary/aromatic N) is 1. The Morgan fingerprint density at radius 2 is 2.31 bits per heavy atom. The summed E-state index contributed by atoms with van der Waals surface area (Å²) in [6.45, 7) is 1.31. The van der Waals surface area contributed by atoms with Gasteiger partial charge in [0.05, 0.1) is 11.6 Å². The number of carbonyl (C=O) groups is 1. The lowest BCUT2D eigenvalue weighted by Crippen LogP contribution is -2.07. The van der Waals surface area contributed by atoms with E-state index >= 15 is 0 Å². The smallest absolute Gasteiger partial charge is 0.162 e. The second kappa shape index (κ2) is 3.83. The molecule has 0 heterocycles. The number of benzene rings is 1. The summed E-state index contributed by atoms with van der Waals surface area (Å²) in [5.41, 5.74) is 0.907. The van der Waals surface area contributed by atoms with Crippen molar-refractivity contribution in [2.45, 2.75) is 13.0 Å². The minimum absolute atomic E-state index is 0.324. The average Bonchev–Trinajstić information content (AvgIpc) is 2.16. The first-order chi connectivity index (χ1) is 6.15.